The van der Waals surface area contributed by atoms with Crippen LogP contribution < -0.4 is 11.1 Å². The molecule has 0 unspecified atom stereocenters. The third-order valence-electron chi connectivity index (χ3n) is 2.78. The highest BCUT2D eigenvalue weighted by atomic mass is 19.1. The standard InChI is InChI=1S/C11H14FN3O/c12-8-1-2-10(14-6-8)11(16)15-5-7-3-9(13)4-7/h1-2,6-7,9H,3-5,13H2,(H,15,16). The van der Waals surface area contributed by atoms with Crippen LogP contribution in [0.5, 0.6) is 0 Å². The van der Waals surface area contributed by atoms with E-state index in [0.29, 0.717) is 12.5 Å². The monoisotopic (exact) mass is 223 g/mol. The quantitative estimate of drug-likeness (QED) is 0.792. The summed E-state index contributed by atoms with van der Waals surface area (Å²) in [5.41, 5.74) is 5.88. The van der Waals surface area contributed by atoms with Crippen molar-refractivity contribution in [1.82, 2.24) is 10.3 Å². The van der Waals surface area contributed by atoms with E-state index in [0.717, 1.165) is 19.0 Å². The second kappa shape index (κ2) is 4.57. The minimum Gasteiger partial charge on any atom is -0.350 e. The Bertz CT molecular complexity index is 373. The maximum Gasteiger partial charge on any atom is 0.269 e. The highest BCUT2D eigenvalue weighted by Crippen LogP contribution is 2.24. The van der Waals surface area contributed by atoms with Crippen LogP contribution in [-0.2, 0) is 0 Å². The second-order valence-corrected chi connectivity index (χ2v) is 4.17. The normalized spacial score (nSPS) is 23.6. The summed E-state index contributed by atoms with van der Waals surface area (Å²) in [5.74, 6) is -0.235. The van der Waals surface area contributed by atoms with Crippen LogP contribution in [0.3, 0.4) is 0 Å². The van der Waals surface area contributed by atoms with E-state index < -0.39 is 5.82 Å². The van der Waals surface area contributed by atoms with E-state index in [1.807, 2.05) is 0 Å². The second-order valence-electron chi connectivity index (χ2n) is 4.17. The maximum absolute atomic E-state index is 12.6. The van der Waals surface area contributed by atoms with E-state index >= 15 is 0 Å². The molecule has 1 aromatic rings. The summed E-state index contributed by atoms with van der Waals surface area (Å²) in [6.07, 6.45) is 2.95. The van der Waals surface area contributed by atoms with Crippen molar-refractivity contribution in [2.24, 2.45) is 11.7 Å². The van der Waals surface area contributed by atoms with Gasteiger partial charge in [-0.3, -0.25) is 4.79 Å². The molecule has 0 bridgehead atoms. The Kier molecular flexibility index (Phi) is 3.14. The molecule has 0 spiro atoms. The molecule has 0 atom stereocenters. The number of nitrogens with zero attached hydrogens (tertiary/aromatic N) is 1. The van der Waals surface area contributed by atoms with Gasteiger partial charge in [0.15, 0.2) is 0 Å². The zero-order chi connectivity index (χ0) is 11.5. The first-order chi connectivity index (χ1) is 7.65. The lowest BCUT2D eigenvalue weighted by Crippen LogP contribution is -2.42. The highest BCUT2D eigenvalue weighted by Gasteiger charge is 2.26. The van der Waals surface area contributed by atoms with Crippen LogP contribution in [-0.4, -0.2) is 23.5 Å². The molecule has 5 heteroatoms. The molecule has 0 saturated heterocycles. The molecule has 1 saturated carbocycles. The minimum absolute atomic E-state index is 0.241. The highest BCUT2D eigenvalue weighted by molar-refractivity contribution is 5.92. The molecule has 1 aromatic heterocycles. The zero-order valence-electron chi connectivity index (χ0n) is 8.82. The lowest BCUT2D eigenvalue weighted by molar-refractivity contribution is 0.0930. The predicted molar refractivity (Wildman–Crippen MR) is 57.2 cm³/mol. The Balaban J connectivity index is 1.81. The number of halogens is 1. The van der Waals surface area contributed by atoms with Crippen molar-refractivity contribution in [2.75, 3.05) is 6.54 Å². The summed E-state index contributed by atoms with van der Waals surface area (Å²) in [6, 6.07) is 2.88. The molecular weight excluding hydrogens is 209 g/mol. The Labute approximate surface area is 93.1 Å². The van der Waals surface area contributed by atoms with Gasteiger partial charge in [0.05, 0.1) is 6.20 Å². The van der Waals surface area contributed by atoms with Gasteiger partial charge < -0.3 is 11.1 Å². The maximum atomic E-state index is 12.6. The van der Waals surface area contributed by atoms with E-state index in [4.69, 9.17) is 5.73 Å². The molecule has 2 rings (SSSR count). The Hall–Kier alpha value is -1.49. The van der Waals surface area contributed by atoms with Gasteiger partial charge >= 0.3 is 0 Å². The van der Waals surface area contributed by atoms with Gasteiger partial charge in [-0.15, -0.1) is 0 Å². The summed E-state index contributed by atoms with van der Waals surface area (Å²) in [5, 5.41) is 2.76. The van der Waals surface area contributed by atoms with Gasteiger partial charge in [0, 0.05) is 12.6 Å². The summed E-state index contributed by atoms with van der Waals surface area (Å²) in [4.78, 5) is 15.3. The molecule has 0 aliphatic heterocycles. The van der Waals surface area contributed by atoms with E-state index in [2.05, 4.69) is 10.3 Å². The minimum atomic E-state index is -0.443. The van der Waals surface area contributed by atoms with Gasteiger partial charge in [-0.2, -0.15) is 0 Å². The number of nitrogens with one attached hydrogen (secondary N) is 1. The van der Waals surface area contributed by atoms with Gasteiger partial charge in [-0.1, -0.05) is 0 Å². The van der Waals surface area contributed by atoms with Gasteiger partial charge in [-0.05, 0) is 30.9 Å². The number of carbonyl (C=O) groups is 1. The van der Waals surface area contributed by atoms with Crippen LogP contribution in [0.15, 0.2) is 18.3 Å². The fourth-order valence-electron chi connectivity index (χ4n) is 1.79. The van der Waals surface area contributed by atoms with Crippen LogP contribution in [0.1, 0.15) is 23.3 Å². The van der Waals surface area contributed by atoms with Crippen molar-refractivity contribution < 1.29 is 9.18 Å². The number of amides is 1. The topological polar surface area (TPSA) is 68.0 Å². The summed E-state index contributed by atoms with van der Waals surface area (Å²) in [6.45, 7) is 0.617. The number of nitrogens with two attached hydrogens (primary N) is 1. The van der Waals surface area contributed by atoms with Crippen molar-refractivity contribution in [3.05, 3.63) is 29.8 Å². The van der Waals surface area contributed by atoms with Crippen molar-refractivity contribution in [3.63, 3.8) is 0 Å². The van der Waals surface area contributed by atoms with E-state index in [-0.39, 0.29) is 17.6 Å². The van der Waals surface area contributed by atoms with Crippen molar-refractivity contribution >= 4 is 5.91 Å². The smallest absolute Gasteiger partial charge is 0.269 e. The van der Waals surface area contributed by atoms with Crippen LogP contribution in [0.2, 0.25) is 0 Å². The molecule has 86 valence electrons. The Morgan fingerprint density at radius 2 is 2.31 bits per heavy atom. The van der Waals surface area contributed by atoms with E-state index in [9.17, 15) is 9.18 Å². The molecule has 3 N–H and O–H groups in total. The average Bonchev–Trinajstić information content (AvgIpc) is 2.23. The lowest BCUT2D eigenvalue weighted by Gasteiger charge is -2.32. The number of aromatic nitrogens is 1. The van der Waals surface area contributed by atoms with Crippen LogP contribution in [0.25, 0.3) is 0 Å². The van der Waals surface area contributed by atoms with Crippen molar-refractivity contribution in [1.29, 1.82) is 0 Å². The average molecular weight is 223 g/mol. The van der Waals surface area contributed by atoms with Gasteiger partial charge in [-0.25, -0.2) is 9.37 Å². The fourth-order valence-corrected chi connectivity index (χ4v) is 1.79. The van der Waals surface area contributed by atoms with Crippen molar-refractivity contribution in [2.45, 2.75) is 18.9 Å². The first-order valence-electron chi connectivity index (χ1n) is 5.30. The molecule has 1 amide bonds. The SMILES string of the molecule is NC1CC(CNC(=O)c2ccc(F)cn2)C1. The summed E-state index contributed by atoms with van der Waals surface area (Å²) >= 11 is 0. The van der Waals surface area contributed by atoms with Crippen molar-refractivity contribution in [3.8, 4) is 0 Å². The van der Waals surface area contributed by atoms with E-state index in [1.165, 1.54) is 12.1 Å². The number of rotatable bonds is 3. The number of carbonyl (C=O) groups excluding carboxylic acids is 1. The number of hydrogen-bond acceptors (Lipinski definition) is 3. The molecule has 4 nitrogen and oxygen atoms in total. The van der Waals surface area contributed by atoms with Crippen LogP contribution in [0, 0.1) is 11.7 Å². The third-order valence-corrected chi connectivity index (χ3v) is 2.78. The largest absolute Gasteiger partial charge is 0.350 e. The molecule has 0 aromatic carbocycles. The first-order valence-corrected chi connectivity index (χ1v) is 5.30. The van der Waals surface area contributed by atoms with Gasteiger partial charge in [0.1, 0.15) is 11.5 Å². The molecule has 0 radical (unpaired) electrons. The third kappa shape index (κ3) is 2.55. The Morgan fingerprint density at radius 1 is 1.56 bits per heavy atom. The molecule has 1 aliphatic rings. The zero-order valence-corrected chi connectivity index (χ0v) is 8.82. The van der Waals surface area contributed by atoms with E-state index in [1.54, 1.807) is 0 Å². The first kappa shape index (κ1) is 11.0. The number of pyridine rings is 1. The summed E-state index contributed by atoms with van der Waals surface area (Å²) < 4.78 is 12.6. The molecule has 1 aliphatic carbocycles. The molecule has 16 heavy (non-hydrogen) atoms. The fraction of sp³-hybridized carbons (Fsp3) is 0.455. The van der Waals surface area contributed by atoms with Gasteiger partial charge in [0.25, 0.3) is 5.91 Å². The number of hydrogen-bond donors (Lipinski definition) is 2. The molecule has 1 fully saturated rings. The lowest BCUT2D eigenvalue weighted by atomic mass is 9.81. The van der Waals surface area contributed by atoms with Crippen LogP contribution in [0.4, 0.5) is 4.39 Å². The molecule has 1 heterocycles. The Morgan fingerprint density at radius 3 is 2.88 bits per heavy atom. The summed E-state index contributed by atoms with van der Waals surface area (Å²) in [7, 11) is 0. The molecular formula is C11H14FN3O. The van der Waals surface area contributed by atoms with Crippen LogP contribution >= 0.6 is 0 Å². The predicted octanol–water partition coefficient (Wildman–Crippen LogP) is 0.688. The van der Waals surface area contributed by atoms with Gasteiger partial charge in [0.2, 0.25) is 0 Å².